The maximum atomic E-state index is 11.4. The molecule has 90 valence electrons. The molecule has 0 aromatic carbocycles. The van der Waals surface area contributed by atoms with Crippen LogP contribution in [0.15, 0.2) is 29.3 Å². The van der Waals surface area contributed by atoms with E-state index in [9.17, 15) is 4.79 Å². The van der Waals surface area contributed by atoms with Gasteiger partial charge < -0.3 is 10.3 Å². The van der Waals surface area contributed by atoms with E-state index in [1.54, 1.807) is 17.5 Å². The molecule has 4 nitrogen and oxygen atoms in total. The molecule has 0 spiro atoms. The number of anilines is 1. The van der Waals surface area contributed by atoms with Crippen LogP contribution < -0.4 is 10.9 Å². The molecule has 2 N–H and O–H groups in total. The predicted molar refractivity (Wildman–Crippen MR) is 70.7 cm³/mol. The van der Waals surface area contributed by atoms with Crippen molar-refractivity contribution in [2.45, 2.75) is 26.3 Å². The van der Waals surface area contributed by atoms with Crippen LogP contribution in [0.5, 0.6) is 0 Å². The predicted octanol–water partition coefficient (Wildman–Crippen LogP) is 2.18. The summed E-state index contributed by atoms with van der Waals surface area (Å²) in [5.74, 6) is 0.383. The first kappa shape index (κ1) is 11.9. The molecule has 2 rings (SSSR count). The number of aryl methyl sites for hydroxylation is 1. The minimum Gasteiger partial charge on any atom is -0.363 e. The third-order valence-corrected chi connectivity index (χ3v) is 3.42. The SMILES string of the molecule is Cc1ccc(CC(C)Nc2ncc[nH]c2=O)s1. The standard InChI is InChI=1S/C12H15N3OS/c1-8(7-10-4-3-9(2)17-10)15-11-12(16)14-6-5-13-11/h3-6,8H,7H2,1-2H3,(H,13,15)(H,14,16). The molecule has 0 fully saturated rings. The molecule has 1 atom stereocenters. The molecule has 1 unspecified atom stereocenters. The van der Waals surface area contributed by atoms with Crippen molar-refractivity contribution < 1.29 is 0 Å². The molecule has 0 radical (unpaired) electrons. The Bertz CT molecular complexity index is 546. The lowest BCUT2D eigenvalue weighted by Gasteiger charge is -2.12. The minimum atomic E-state index is -0.179. The summed E-state index contributed by atoms with van der Waals surface area (Å²) in [5.41, 5.74) is -0.179. The largest absolute Gasteiger partial charge is 0.363 e. The van der Waals surface area contributed by atoms with E-state index in [1.807, 2.05) is 6.92 Å². The topological polar surface area (TPSA) is 57.8 Å². The zero-order chi connectivity index (χ0) is 12.3. The third kappa shape index (κ3) is 3.17. The van der Waals surface area contributed by atoms with E-state index >= 15 is 0 Å². The molecular formula is C12H15N3OS. The van der Waals surface area contributed by atoms with E-state index in [0.29, 0.717) is 5.82 Å². The summed E-state index contributed by atoms with van der Waals surface area (Å²) in [4.78, 5) is 20.7. The molecule has 0 saturated heterocycles. The van der Waals surface area contributed by atoms with Crippen LogP contribution in [0.2, 0.25) is 0 Å². The summed E-state index contributed by atoms with van der Waals surface area (Å²) in [6.07, 6.45) is 4.00. The van der Waals surface area contributed by atoms with Crippen molar-refractivity contribution in [1.82, 2.24) is 9.97 Å². The quantitative estimate of drug-likeness (QED) is 0.873. The molecule has 0 aliphatic heterocycles. The Balaban J connectivity index is 2.00. The van der Waals surface area contributed by atoms with Crippen LogP contribution in [0.3, 0.4) is 0 Å². The number of rotatable bonds is 4. The number of nitrogens with one attached hydrogen (secondary N) is 2. The molecule has 2 aromatic rings. The lowest BCUT2D eigenvalue weighted by molar-refractivity contribution is 0.790. The Morgan fingerprint density at radius 1 is 1.53 bits per heavy atom. The monoisotopic (exact) mass is 249 g/mol. The van der Waals surface area contributed by atoms with E-state index in [4.69, 9.17) is 0 Å². The highest BCUT2D eigenvalue weighted by Gasteiger charge is 2.08. The Kier molecular flexibility index (Phi) is 3.58. The summed E-state index contributed by atoms with van der Waals surface area (Å²) in [7, 11) is 0. The van der Waals surface area contributed by atoms with Crippen molar-refractivity contribution in [3.05, 3.63) is 44.6 Å². The highest BCUT2D eigenvalue weighted by molar-refractivity contribution is 7.11. The first-order valence-corrected chi connectivity index (χ1v) is 6.32. The second-order valence-corrected chi connectivity index (χ2v) is 5.40. The zero-order valence-corrected chi connectivity index (χ0v) is 10.7. The Morgan fingerprint density at radius 3 is 3.00 bits per heavy atom. The van der Waals surface area contributed by atoms with Crippen molar-refractivity contribution >= 4 is 17.2 Å². The van der Waals surface area contributed by atoms with Gasteiger partial charge in [-0.2, -0.15) is 0 Å². The van der Waals surface area contributed by atoms with Crippen LogP contribution in [-0.2, 0) is 6.42 Å². The molecule has 0 saturated carbocycles. The number of hydrogen-bond donors (Lipinski definition) is 2. The third-order valence-electron chi connectivity index (χ3n) is 2.39. The Morgan fingerprint density at radius 2 is 2.35 bits per heavy atom. The molecule has 5 heteroatoms. The van der Waals surface area contributed by atoms with E-state index in [2.05, 4.69) is 34.3 Å². The second kappa shape index (κ2) is 5.14. The van der Waals surface area contributed by atoms with Gasteiger partial charge in [-0.25, -0.2) is 4.98 Å². The summed E-state index contributed by atoms with van der Waals surface area (Å²) < 4.78 is 0. The lowest BCUT2D eigenvalue weighted by atomic mass is 10.2. The number of aromatic nitrogens is 2. The highest BCUT2D eigenvalue weighted by Crippen LogP contribution is 2.17. The number of aromatic amines is 1. The highest BCUT2D eigenvalue weighted by atomic mass is 32.1. The summed E-state index contributed by atoms with van der Waals surface area (Å²) >= 11 is 1.78. The zero-order valence-electron chi connectivity index (χ0n) is 9.86. The van der Waals surface area contributed by atoms with Gasteiger partial charge in [0.05, 0.1) is 0 Å². The average Bonchev–Trinajstić information content (AvgIpc) is 2.67. The van der Waals surface area contributed by atoms with Gasteiger partial charge in [-0.05, 0) is 26.0 Å². The molecule has 2 aromatic heterocycles. The maximum Gasteiger partial charge on any atom is 0.290 e. The van der Waals surface area contributed by atoms with Crippen molar-refractivity contribution in [3.8, 4) is 0 Å². The van der Waals surface area contributed by atoms with Crippen molar-refractivity contribution in [2.24, 2.45) is 0 Å². The van der Waals surface area contributed by atoms with Gasteiger partial charge in [-0.1, -0.05) is 0 Å². The average molecular weight is 249 g/mol. The molecule has 2 heterocycles. The molecular weight excluding hydrogens is 234 g/mol. The first-order valence-electron chi connectivity index (χ1n) is 5.50. The van der Waals surface area contributed by atoms with Gasteiger partial charge in [-0.3, -0.25) is 4.79 Å². The fourth-order valence-electron chi connectivity index (χ4n) is 1.64. The fourth-order valence-corrected chi connectivity index (χ4v) is 2.65. The lowest BCUT2D eigenvalue weighted by Crippen LogP contribution is -2.24. The second-order valence-electron chi connectivity index (χ2n) is 4.03. The van der Waals surface area contributed by atoms with Crippen LogP contribution in [0, 0.1) is 6.92 Å². The molecule has 0 bridgehead atoms. The molecule has 0 aliphatic rings. The van der Waals surface area contributed by atoms with Gasteiger partial charge in [-0.15, -0.1) is 11.3 Å². The first-order chi connectivity index (χ1) is 8.15. The number of hydrogen-bond acceptors (Lipinski definition) is 4. The Labute approximate surface area is 104 Å². The maximum absolute atomic E-state index is 11.4. The van der Waals surface area contributed by atoms with Crippen LogP contribution in [-0.4, -0.2) is 16.0 Å². The van der Waals surface area contributed by atoms with E-state index in [0.717, 1.165) is 6.42 Å². The van der Waals surface area contributed by atoms with Crippen LogP contribution in [0.25, 0.3) is 0 Å². The minimum absolute atomic E-state index is 0.179. The van der Waals surface area contributed by atoms with Crippen molar-refractivity contribution in [3.63, 3.8) is 0 Å². The van der Waals surface area contributed by atoms with Crippen LogP contribution in [0.1, 0.15) is 16.7 Å². The molecule has 0 aliphatic carbocycles. The molecule has 17 heavy (non-hydrogen) atoms. The van der Waals surface area contributed by atoms with E-state index in [-0.39, 0.29) is 11.6 Å². The fraction of sp³-hybridized carbons (Fsp3) is 0.333. The summed E-state index contributed by atoms with van der Waals surface area (Å²) in [5, 5.41) is 3.12. The van der Waals surface area contributed by atoms with Gasteiger partial charge in [0.25, 0.3) is 5.56 Å². The number of thiophene rings is 1. The van der Waals surface area contributed by atoms with Crippen molar-refractivity contribution in [1.29, 1.82) is 0 Å². The van der Waals surface area contributed by atoms with E-state index in [1.165, 1.54) is 16.0 Å². The van der Waals surface area contributed by atoms with Crippen LogP contribution >= 0.6 is 11.3 Å². The van der Waals surface area contributed by atoms with Gasteiger partial charge in [0.1, 0.15) is 0 Å². The Hall–Kier alpha value is -1.62. The molecule has 0 amide bonds. The summed E-state index contributed by atoms with van der Waals surface area (Å²) in [6, 6.07) is 4.42. The van der Waals surface area contributed by atoms with Gasteiger partial charge in [0, 0.05) is 34.6 Å². The smallest absolute Gasteiger partial charge is 0.290 e. The van der Waals surface area contributed by atoms with Gasteiger partial charge >= 0.3 is 0 Å². The number of H-pyrrole nitrogens is 1. The van der Waals surface area contributed by atoms with E-state index < -0.39 is 0 Å². The summed E-state index contributed by atoms with van der Waals surface area (Å²) in [6.45, 7) is 4.14. The van der Waals surface area contributed by atoms with Crippen LogP contribution in [0.4, 0.5) is 5.82 Å². The normalized spacial score (nSPS) is 12.4. The van der Waals surface area contributed by atoms with Gasteiger partial charge in [0.2, 0.25) is 0 Å². The van der Waals surface area contributed by atoms with Gasteiger partial charge in [0.15, 0.2) is 5.82 Å². The van der Waals surface area contributed by atoms with Crippen molar-refractivity contribution in [2.75, 3.05) is 5.32 Å². The number of nitrogens with zero attached hydrogens (tertiary/aromatic N) is 1.